The van der Waals surface area contributed by atoms with E-state index in [0.717, 1.165) is 0 Å². The van der Waals surface area contributed by atoms with E-state index in [1.165, 1.54) is 11.0 Å². The lowest BCUT2D eigenvalue weighted by Crippen LogP contribution is -2.47. The normalized spacial score (nSPS) is 21.0. The van der Waals surface area contributed by atoms with Crippen LogP contribution in [-0.4, -0.2) is 45.3 Å². The third-order valence-electron chi connectivity index (χ3n) is 4.37. The van der Waals surface area contributed by atoms with E-state index in [1.807, 2.05) is 6.92 Å². The number of hydrogen-bond donors (Lipinski definition) is 1. The Hall–Kier alpha value is -2.31. The van der Waals surface area contributed by atoms with E-state index in [1.54, 1.807) is 37.6 Å². The Bertz CT molecular complexity index is 704. The van der Waals surface area contributed by atoms with Crippen molar-refractivity contribution in [3.63, 3.8) is 0 Å². The number of carboxylic acid groups (broad SMARTS) is 1. The first-order chi connectivity index (χ1) is 11.6. The number of amides is 1. The van der Waals surface area contributed by atoms with Gasteiger partial charge in [-0.05, 0) is 45.7 Å². The quantitative estimate of drug-likeness (QED) is 0.903. The standard InChI is InChI=1S/C18H26N2O5/c1-5-19-8-6-12(10-15(19)21)13-7-9-20(11-14(13)16(22)23)17(24)25-18(2,3)4/h6,8,10,13-14H,5,7,9,11H2,1-4H3,(H,22,23). The summed E-state index contributed by atoms with van der Waals surface area (Å²) in [6.07, 6.45) is 1.67. The van der Waals surface area contributed by atoms with Gasteiger partial charge >= 0.3 is 12.1 Å². The lowest BCUT2D eigenvalue weighted by atomic mass is 9.81. The summed E-state index contributed by atoms with van der Waals surface area (Å²) in [4.78, 5) is 37.4. The number of aromatic nitrogens is 1. The van der Waals surface area contributed by atoms with Crippen LogP contribution < -0.4 is 5.56 Å². The van der Waals surface area contributed by atoms with Gasteiger partial charge in [0.2, 0.25) is 0 Å². The molecule has 1 aliphatic rings. The molecule has 0 radical (unpaired) electrons. The SMILES string of the molecule is CCn1ccc(C2CCN(C(=O)OC(C)(C)C)CC2C(=O)O)cc1=O. The topological polar surface area (TPSA) is 88.8 Å². The summed E-state index contributed by atoms with van der Waals surface area (Å²) >= 11 is 0. The van der Waals surface area contributed by atoms with Gasteiger partial charge in [0.05, 0.1) is 5.92 Å². The second-order valence-electron chi connectivity index (χ2n) is 7.35. The largest absolute Gasteiger partial charge is 0.481 e. The maximum absolute atomic E-state index is 12.2. The van der Waals surface area contributed by atoms with Crippen LogP contribution in [0.3, 0.4) is 0 Å². The van der Waals surface area contributed by atoms with Gasteiger partial charge in [-0.3, -0.25) is 9.59 Å². The highest BCUT2D eigenvalue weighted by Gasteiger charge is 2.38. The van der Waals surface area contributed by atoms with Crippen molar-refractivity contribution in [3.8, 4) is 0 Å². The highest BCUT2D eigenvalue weighted by Crippen LogP contribution is 2.33. The van der Waals surface area contributed by atoms with Crippen LogP contribution in [0.15, 0.2) is 23.1 Å². The van der Waals surface area contributed by atoms with Gasteiger partial charge in [-0.25, -0.2) is 4.79 Å². The van der Waals surface area contributed by atoms with E-state index in [2.05, 4.69) is 0 Å². The summed E-state index contributed by atoms with van der Waals surface area (Å²) in [7, 11) is 0. The van der Waals surface area contributed by atoms with Gasteiger partial charge in [0, 0.05) is 37.8 Å². The highest BCUT2D eigenvalue weighted by atomic mass is 16.6. The number of aryl methyl sites for hydroxylation is 1. The number of nitrogens with zero attached hydrogens (tertiary/aromatic N) is 2. The van der Waals surface area contributed by atoms with Crippen LogP contribution in [0.4, 0.5) is 4.79 Å². The van der Waals surface area contributed by atoms with Crippen molar-refractivity contribution in [3.05, 3.63) is 34.2 Å². The number of rotatable bonds is 3. The molecule has 1 aromatic rings. The molecule has 25 heavy (non-hydrogen) atoms. The number of carbonyl (C=O) groups excluding carboxylic acids is 1. The smallest absolute Gasteiger partial charge is 0.410 e. The second kappa shape index (κ2) is 7.29. The molecule has 1 aliphatic heterocycles. The van der Waals surface area contributed by atoms with Crippen molar-refractivity contribution < 1.29 is 19.4 Å². The molecule has 0 saturated carbocycles. The zero-order valence-corrected chi connectivity index (χ0v) is 15.2. The zero-order chi connectivity index (χ0) is 18.8. The molecule has 2 rings (SSSR count). The van der Waals surface area contributed by atoms with Gasteiger partial charge in [-0.2, -0.15) is 0 Å². The number of pyridine rings is 1. The molecule has 7 heteroatoms. The minimum atomic E-state index is -0.974. The van der Waals surface area contributed by atoms with Crippen molar-refractivity contribution in [1.29, 1.82) is 0 Å². The lowest BCUT2D eigenvalue weighted by molar-refractivity contribution is -0.144. The van der Waals surface area contributed by atoms with E-state index in [0.29, 0.717) is 25.1 Å². The van der Waals surface area contributed by atoms with E-state index in [-0.39, 0.29) is 18.0 Å². The first-order valence-corrected chi connectivity index (χ1v) is 8.53. The number of likely N-dealkylation sites (tertiary alicyclic amines) is 1. The van der Waals surface area contributed by atoms with Crippen LogP contribution >= 0.6 is 0 Å². The molecule has 1 fully saturated rings. The van der Waals surface area contributed by atoms with Crippen molar-refractivity contribution in [2.24, 2.45) is 5.92 Å². The number of carboxylic acids is 1. The third kappa shape index (κ3) is 4.61. The molecule has 138 valence electrons. The molecule has 0 aliphatic carbocycles. The summed E-state index contributed by atoms with van der Waals surface area (Å²) in [6, 6.07) is 3.31. The average Bonchev–Trinajstić information content (AvgIpc) is 2.52. The average molecular weight is 350 g/mol. The Kier molecular flexibility index (Phi) is 5.55. The van der Waals surface area contributed by atoms with E-state index in [9.17, 15) is 19.5 Å². The highest BCUT2D eigenvalue weighted by molar-refractivity contribution is 5.74. The number of aliphatic carboxylic acids is 1. The maximum Gasteiger partial charge on any atom is 0.410 e. The monoisotopic (exact) mass is 350 g/mol. The molecule has 1 aromatic heterocycles. The van der Waals surface area contributed by atoms with Crippen molar-refractivity contribution in [1.82, 2.24) is 9.47 Å². The predicted molar refractivity (Wildman–Crippen MR) is 92.7 cm³/mol. The van der Waals surface area contributed by atoms with E-state index >= 15 is 0 Å². The minimum Gasteiger partial charge on any atom is -0.481 e. The van der Waals surface area contributed by atoms with Gasteiger partial charge in [0.25, 0.3) is 5.56 Å². The van der Waals surface area contributed by atoms with E-state index < -0.39 is 23.6 Å². The Morgan fingerprint density at radius 1 is 1.36 bits per heavy atom. The number of hydrogen-bond acceptors (Lipinski definition) is 4. The molecule has 2 atom stereocenters. The van der Waals surface area contributed by atoms with Gasteiger partial charge < -0.3 is 19.3 Å². The van der Waals surface area contributed by atoms with Crippen LogP contribution in [0.1, 0.15) is 45.6 Å². The van der Waals surface area contributed by atoms with Crippen molar-refractivity contribution in [2.45, 2.75) is 52.2 Å². The summed E-state index contributed by atoms with van der Waals surface area (Å²) in [6.45, 7) is 8.24. The summed E-state index contributed by atoms with van der Waals surface area (Å²) in [5.41, 5.74) is -0.0539. The Balaban J connectivity index is 2.20. The molecule has 2 unspecified atom stereocenters. The van der Waals surface area contributed by atoms with Gasteiger partial charge in [0.15, 0.2) is 0 Å². The molecule has 7 nitrogen and oxygen atoms in total. The number of piperidine rings is 1. The molecule has 0 bridgehead atoms. The van der Waals surface area contributed by atoms with Crippen molar-refractivity contribution >= 4 is 12.1 Å². The van der Waals surface area contributed by atoms with Crippen LogP contribution in [0.5, 0.6) is 0 Å². The molecule has 1 amide bonds. The van der Waals surface area contributed by atoms with Crippen LogP contribution in [0.2, 0.25) is 0 Å². The van der Waals surface area contributed by atoms with Crippen LogP contribution in [0, 0.1) is 5.92 Å². The van der Waals surface area contributed by atoms with Crippen LogP contribution in [-0.2, 0) is 16.1 Å². The first kappa shape index (κ1) is 19.0. The minimum absolute atomic E-state index is 0.0752. The zero-order valence-electron chi connectivity index (χ0n) is 15.2. The third-order valence-corrected chi connectivity index (χ3v) is 4.37. The van der Waals surface area contributed by atoms with Gasteiger partial charge in [0.1, 0.15) is 5.60 Å². The van der Waals surface area contributed by atoms with Gasteiger partial charge in [-0.15, -0.1) is 0 Å². The molecular weight excluding hydrogens is 324 g/mol. The molecule has 0 aromatic carbocycles. The first-order valence-electron chi connectivity index (χ1n) is 8.53. The Morgan fingerprint density at radius 2 is 2.04 bits per heavy atom. The second-order valence-corrected chi connectivity index (χ2v) is 7.35. The molecule has 1 N–H and O–H groups in total. The Labute approximate surface area is 147 Å². The van der Waals surface area contributed by atoms with Crippen molar-refractivity contribution in [2.75, 3.05) is 13.1 Å². The Morgan fingerprint density at radius 3 is 2.56 bits per heavy atom. The molecular formula is C18H26N2O5. The predicted octanol–water partition coefficient (Wildman–Crippen LogP) is 2.29. The fourth-order valence-corrected chi connectivity index (χ4v) is 3.11. The molecule has 1 saturated heterocycles. The molecule has 0 spiro atoms. The summed E-state index contributed by atoms with van der Waals surface area (Å²) in [5, 5.41) is 9.61. The fraction of sp³-hybridized carbons (Fsp3) is 0.611. The van der Waals surface area contributed by atoms with Crippen LogP contribution in [0.25, 0.3) is 0 Å². The van der Waals surface area contributed by atoms with E-state index in [4.69, 9.17) is 4.74 Å². The summed E-state index contributed by atoms with van der Waals surface area (Å²) in [5.74, 6) is -2.04. The van der Waals surface area contributed by atoms with Gasteiger partial charge in [-0.1, -0.05) is 0 Å². The number of ether oxygens (including phenoxy) is 1. The summed E-state index contributed by atoms with van der Waals surface area (Å²) < 4.78 is 6.90. The maximum atomic E-state index is 12.2. The molecule has 2 heterocycles. The number of carbonyl (C=O) groups is 2. The lowest BCUT2D eigenvalue weighted by Gasteiger charge is -2.37. The fourth-order valence-electron chi connectivity index (χ4n) is 3.11.